The van der Waals surface area contributed by atoms with Crippen LogP contribution < -0.4 is 10.6 Å². The van der Waals surface area contributed by atoms with Crippen LogP contribution in [-0.2, 0) is 28.7 Å². The second-order valence-electron chi connectivity index (χ2n) is 8.05. The van der Waals surface area contributed by atoms with E-state index in [0.717, 1.165) is 24.2 Å². The van der Waals surface area contributed by atoms with Gasteiger partial charge in [-0.3, -0.25) is 19.3 Å². The van der Waals surface area contributed by atoms with Gasteiger partial charge < -0.3 is 20.1 Å². The number of amides is 4. The second kappa shape index (κ2) is 9.90. The molecular formula is C20H31N3O7. The highest BCUT2D eigenvalue weighted by Crippen LogP contribution is 2.38. The molecule has 1 heterocycles. The van der Waals surface area contributed by atoms with Gasteiger partial charge in [0.15, 0.2) is 6.61 Å². The van der Waals surface area contributed by atoms with Gasteiger partial charge in [0, 0.05) is 0 Å². The van der Waals surface area contributed by atoms with Crippen LogP contribution in [0.4, 0.5) is 4.79 Å². The van der Waals surface area contributed by atoms with Gasteiger partial charge in [-0.15, -0.1) is 0 Å². The Kier molecular flexibility index (Phi) is 7.80. The summed E-state index contributed by atoms with van der Waals surface area (Å²) in [5.74, 6) is -2.76. The summed E-state index contributed by atoms with van der Waals surface area (Å²) in [6.45, 7) is 4.36. The molecule has 2 fully saturated rings. The van der Waals surface area contributed by atoms with Crippen LogP contribution >= 0.6 is 0 Å². The molecule has 0 unspecified atom stereocenters. The Morgan fingerprint density at radius 2 is 2.00 bits per heavy atom. The average molecular weight is 425 g/mol. The molecule has 4 atom stereocenters. The molecule has 10 nitrogen and oxygen atoms in total. The summed E-state index contributed by atoms with van der Waals surface area (Å²) in [4.78, 5) is 62.1. The minimum atomic E-state index is -0.961. The first-order chi connectivity index (χ1) is 14.2. The van der Waals surface area contributed by atoms with Gasteiger partial charge in [0.2, 0.25) is 0 Å². The number of methoxy groups -OCH3 is 1. The monoisotopic (exact) mass is 425 g/mol. The van der Waals surface area contributed by atoms with Gasteiger partial charge in [-0.2, -0.15) is 0 Å². The Hall–Kier alpha value is -2.65. The highest BCUT2D eigenvalue weighted by molar-refractivity contribution is 6.09. The summed E-state index contributed by atoms with van der Waals surface area (Å²) < 4.78 is 9.60. The van der Waals surface area contributed by atoms with E-state index in [0.29, 0.717) is 12.8 Å². The molecule has 1 spiro atoms. The maximum atomic E-state index is 12.8. The van der Waals surface area contributed by atoms with Crippen LogP contribution in [0, 0.1) is 11.8 Å². The summed E-state index contributed by atoms with van der Waals surface area (Å²) >= 11 is 0. The number of hydrogen-bond donors (Lipinski definition) is 2. The number of urea groups is 1. The van der Waals surface area contributed by atoms with Crippen molar-refractivity contribution >= 4 is 29.8 Å². The third-order valence-electron chi connectivity index (χ3n) is 6.14. The summed E-state index contributed by atoms with van der Waals surface area (Å²) in [5.41, 5.74) is -0.961. The Bertz CT molecular complexity index is 711. The topological polar surface area (TPSA) is 131 Å². The molecule has 10 heteroatoms. The van der Waals surface area contributed by atoms with Crippen molar-refractivity contribution in [3.63, 3.8) is 0 Å². The third kappa shape index (κ3) is 4.91. The number of nitrogens with one attached hydrogen (secondary N) is 2. The number of esters is 2. The van der Waals surface area contributed by atoms with Gasteiger partial charge >= 0.3 is 18.0 Å². The predicted molar refractivity (Wildman–Crippen MR) is 105 cm³/mol. The minimum Gasteiger partial charge on any atom is -0.467 e. The number of hydrogen-bond acceptors (Lipinski definition) is 7. The molecule has 4 amide bonds. The molecule has 2 N–H and O–H groups in total. The van der Waals surface area contributed by atoms with E-state index in [2.05, 4.69) is 15.4 Å². The Balaban J connectivity index is 1.89. The molecule has 1 saturated carbocycles. The van der Waals surface area contributed by atoms with Crippen molar-refractivity contribution in [2.24, 2.45) is 11.8 Å². The zero-order chi connectivity index (χ0) is 22.5. The molecule has 1 aliphatic carbocycles. The number of nitrogens with zero attached hydrogens (tertiary/aromatic N) is 1. The SMILES string of the molecule is CC[C@@H](C)[C@@H](NC(=O)COC(=O)CN1C(=O)N[C@]2(CCCC[C@@H]2C)C1=O)C(=O)OC. The summed E-state index contributed by atoms with van der Waals surface area (Å²) in [6, 6.07) is -1.48. The van der Waals surface area contributed by atoms with Crippen LogP contribution in [0.15, 0.2) is 0 Å². The lowest BCUT2D eigenvalue weighted by atomic mass is 9.73. The van der Waals surface area contributed by atoms with Crippen LogP contribution in [0.25, 0.3) is 0 Å². The Morgan fingerprint density at radius 3 is 2.60 bits per heavy atom. The van der Waals surface area contributed by atoms with Crippen molar-refractivity contribution in [2.75, 3.05) is 20.3 Å². The molecule has 168 valence electrons. The van der Waals surface area contributed by atoms with Gasteiger partial charge in [0.05, 0.1) is 7.11 Å². The number of carbonyl (C=O) groups excluding carboxylic acids is 5. The van der Waals surface area contributed by atoms with Gasteiger partial charge in [0.1, 0.15) is 18.1 Å². The highest BCUT2D eigenvalue weighted by Gasteiger charge is 2.55. The Labute approximate surface area is 176 Å². The van der Waals surface area contributed by atoms with Gasteiger partial charge in [-0.25, -0.2) is 9.59 Å². The van der Waals surface area contributed by atoms with Gasteiger partial charge in [-0.05, 0) is 24.7 Å². The number of rotatable bonds is 8. The van der Waals surface area contributed by atoms with Crippen molar-refractivity contribution in [1.29, 1.82) is 0 Å². The molecule has 0 aromatic carbocycles. The van der Waals surface area contributed by atoms with E-state index in [1.54, 1.807) is 6.92 Å². The molecule has 1 saturated heterocycles. The highest BCUT2D eigenvalue weighted by atomic mass is 16.5. The molecule has 0 aromatic heterocycles. The van der Waals surface area contributed by atoms with E-state index in [9.17, 15) is 24.0 Å². The van der Waals surface area contributed by atoms with E-state index < -0.39 is 54.5 Å². The van der Waals surface area contributed by atoms with Crippen molar-refractivity contribution < 1.29 is 33.4 Å². The molecule has 0 bridgehead atoms. The number of carbonyl (C=O) groups is 5. The molecule has 0 radical (unpaired) electrons. The molecule has 2 rings (SSSR count). The lowest BCUT2D eigenvalue weighted by Gasteiger charge is -2.36. The normalized spacial score (nSPS) is 25.5. The fourth-order valence-corrected chi connectivity index (χ4v) is 3.97. The lowest BCUT2D eigenvalue weighted by Crippen LogP contribution is -2.54. The van der Waals surface area contributed by atoms with E-state index in [-0.39, 0.29) is 11.8 Å². The van der Waals surface area contributed by atoms with Gasteiger partial charge in [0.25, 0.3) is 11.8 Å². The maximum absolute atomic E-state index is 12.8. The van der Waals surface area contributed by atoms with Gasteiger partial charge in [-0.1, -0.05) is 40.0 Å². The van der Waals surface area contributed by atoms with Crippen molar-refractivity contribution in [2.45, 2.75) is 64.5 Å². The van der Waals surface area contributed by atoms with E-state index >= 15 is 0 Å². The fourth-order valence-electron chi connectivity index (χ4n) is 3.97. The fraction of sp³-hybridized carbons (Fsp3) is 0.750. The average Bonchev–Trinajstić information content (AvgIpc) is 2.96. The quantitative estimate of drug-likeness (QED) is 0.433. The first kappa shape index (κ1) is 23.6. The van der Waals surface area contributed by atoms with Crippen LogP contribution in [-0.4, -0.2) is 66.5 Å². The predicted octanol–water partition coefficient (Wildman–Crippen LogP) is 0.734. The summed E-state index contributed by atoms with van der Waals surface area (Å²) in [7, 11) is 1.22. The first-order valence-electron chi connectivity index (χ1n) is 10.3. The standard InChI is InChI=1S/C20H31N3O7/c1-5-12(2)16(17(26)29-4)21-14(24)11-30-15(25)10-23-18(27)20(22-19(23)28)9-7-6-8-13(20)3/h12-13,16H,5-11H2,1-4H3,(H,21,24)(H,22,28)/t12-,13+,16-,20+/m1/s1. The van der Waals surface area contributed by atoms with Crippen molar-refractivity contribution in [3.05, 3.63) is 0 Å². The summed E-state index contributed by atoms with van der Waals surface area (Å²) in [6.07, 6.45) is 3.81. The van der Waals surface area contributed by atoms with Crippen LogP contribution in [0.2, 0.25) is 0 Å². The summed E-state index contributed by atoms with van der Waals surface area (Å²) in [5, 5.41) is 5.24. The maximum Gasteiger partial charge on any atom is 0.328 e. The van der Waals surface area contributed by atoms with Crippen LogP contribution in [0.5, 0.6) is 0 Å². The van der Waals surface area contributed by atoms with Crippen molar-refractivity contribution in [1.82, 2.24) is 15.5 Å². The number of imide groups is 1. The Morgan fingerprint density at radius 1 is 1.30 bits per heavy atom. The van der Waals surface area contributed by atoms with Crippen LogP contribution in [0.1, 0.15) is 52.9 Å². The molecule has 0 aromatic rings. The zero-order valence-corrected chi connectivity index (χ0v) is 18.0. The van der Waals surface area contributed by atoms with Crippen molar-refractivity contribution in [3.8, 4) is 0 Å². The smallest absolute Gasteiger partial charge is 0.328 e. The van der Waals surface area contributed by atoms with E-state index in [1.807, 2.05) is 13.8 Å². The lowest BCUT2D eigenvalue weighted by molar-refractivity contribution is -0.153. The van der Waals surface area contributed by atoms with E-state index in [1.165, 1.54) is 7.11 Å². The second-order valence-corrected chi connectivity index (χ2v) is 8.05. The minimum absolute atomic E-state index is 0.0229. The molecule has 1 aliphatic heterocycles. The third-order valence-corrected chi connectivity index (χ3v) is 6.14. The number of ether oxygens (including phenoxy) is 2. The first-order valence-corrected chi connectivity index (χ1v) is 10.3. The molecule has 2 aliphatic rings. The zero-order valence-electron chi connectivity index (χ0n) is 18.0. The molecule has 30 heavy (non-hydrogen) atoms. The largest absolute Gasteiger partial charge is 0.467 e. The van der Waals surface area contributed by atoms with Crippen LogP contribution in [0.3, 0.4) is 0 Å². The molecular weight excluding hydrogens is 394 g/mol. The van der Waals surface area contributed by atoms with E-state index in [4.69, 9.17) is 4.74 Å².